The van der Waals surface area contributed by atoms with Crippen molar-refractivity contribution in [3.63, 3.8) is 0 Å². The SMILES string of the molecule is CC(=O)OCC(N)c1ccccc1. The molecule has 0 spiro atoms. The molecular weight excluding hydrogens is 166 g/mol. The summed E-state index contributed by atoms with van der Waals surface area (Å²) in [4.78, 5) is 10.5. The number of carbonyl (C=O) groups excluding carboxylic acids is 1. The summed E-state index contributed by atoms with van der Waals surface area (Å²) in [7, 11) is 0. The van der Waals surface area contributed by atoms with Crippen molar-refractivity contribution in [3.05, 3.63) is 35.9 Å². The Bertz CT molecular complexity index is 272. The summed E-state index contributed by atoms with van der Waals surface area (Å²) in [5, 5.41) is 0. The van der Waals surface area contributed by atoms with E-state index in [4.69, 9.17) is 10.5 Å². The molecule has 3 nitrogen and oxygen atoms in total. The van der Waals surface area contributed by atoms with Crippen LogP contribution in [0.4, 0.5) is 0 Å². The first-order valence-corrected chi connectivity index (χ1v) is 4.14. The smallest absolute Gasteiger partial charge is 0.302 e. The third-order valence-electron chi connectivity index (χ3n) is 1.69. The van der Waals surface area contributed by atoms with Crippen molar-refractivity contribution in [2.75, 3.05) is 6.61 Å². The van der Waals surface area contributed by atoms with Crippen LogP contribution in [0.15, 0.2) is 30.3 Å². The first kappa shape index (κ1) is 9.74. The molecule has 0 aliphatic rings. The lowest BCUT2D eigenvalue weighted by Crippen LogP contribution is -2.18. The van der Waals surface area contributed by atoms with E-state index >= 15 is 0 Å². The molecule has 0 aliphatic carbocycles. The molecule has 0 radical (unpaired) electrons. The zero-order valence-electron chi connectivity index (χ0n) is 7.57. The van der Waals surface area contributed by atoms with Gasteiger partial charge in [0.1, 0.15) is 6.61 Å². The van der Waals surface area contributed by atoms with Gasteiger partial charge in [0.15, 0.2) is 0 Å². The normalized spacial score (nSPS) is 12.2. The fourth-order valence-electron chi connectivity index (χ4n) is 1.00. The van der Waals surface area contributed by atoms with Crippen LogP contribution in [0, 0.1) is 0 Å². The van der Waals surface area contributed by atoms with Crippen LogP contribution >= 0.6 is 0 Å². The highest BCUT2D eigenvalue weighted by Crippen LogP contribution is 2.09. The van der Waals surface area contributed by atoms with Gasteiger partial charge in [0.2, 0.25) is 0 Å². The van der Waals surface area contributed by atoms with Gasteiger partial charge in [-0.1, -0.05) is 30.3 Å². The maximum Gasteiger partial charge on any atom is 0.302 e. The summed E-state index contributed by atoms with van der Waals surface area (Å²) in [6.45, 7) is 1.61. The van der Waals surface area contributed by atoms with Gasteiger partial charge < -0.3 is 10.5 Å². The van der Waals surface area contributed by atoms with E-state index in [9.17, 15) is 4.79 Å². The molecule has 0 amide bonds. The van der Waals surface area contributed by atoms with Crippen LogP contribution in [0.3, 0.4) is 0 Å². The second-order valence-corrected chi connectivity index (χ2v) is 2.82. The number of nitrogens with two attached hydrogens (primary N) is 1. The number of rotatable bonds is 3. The molecule has 3 heteroatoms. The highest BCUT2D eigenvalue weighted by molar-refractivity contribution is 5.65. The quantitative estimate of drug-likeness (QED) is 0.710. The van der Waals surface area contributed by atoms with Gasteiger partial charge >= 0.3 is 5.97 Å². The molecule has 0 saturated heterocycles. The van der Waals surface area contributed by atoms with Gasteiger partial charge in [-0.3, -0.25) is 4.79 Å². The van der Waals surface area contributed by atoms with Crippen molar-refractivity contribution in [1.29, 1.82) is 0 Å². The molecule has 1 aromatic carbocycles. The summed E-state index contributed by atoms with van der Waals surface area (Å²) >= 11 is 0. The molecule has 0 saturated carbocycles. The largest absolute Gasteiger partial charge is 0.464 e. The molecule has 1 aromatic rings. The first-order valence-electron chi connectivity index (χ1n) is 4.14. The molecule has 70 valence electrons. The molecule has 13 heavy (non-hydrogen) atoms. The van der Waals surface area contributed by atoms with Crippen molar-refractivity contribution >= 4 is 5.97 Å². The number of esters is 1. The van der Waals surface area contributed by atoms with Crippen molar-refractivity contribution in [1.82, 2.24) is 0 Å². The summed E-state index contributed by atoms with van der Waals surface area (Å²) < 4.78 is 4.79. The lowest BCUT2D eigenvalue weighted by molar-refractivity contribution is -0.141. The van der Waals surface area contributed by atoms with Crippen LogP contribution in [-0.4, -0.2) is 12.6 Å². The van der Waals surface area contributed by atoms with Crippen LogP contribution in [0.1, 0.15) is 18.5 Å². The van der Waals surface area contributed by atoms with Crippen LogP contribution in [0.5, 0.6) is 0 Å². The average Bonchev–Trinajstić information content (AvgIpc) is 2.15. The van der Waals surface area contributed by atoms with E-state index < -0.39 is 0 Å². The zero-order valence-corrected chi connectivity index (χ0v) is 7.57. The van der Waals surface area contributed by atoms with E-state index in [1.54, 1.807) is 0 Å². The van der Waals surface area contributed by atoms with Gasteiger partial charge in [-0.25, -0.2) is 0 Å². The van der Waals surface area contributed by atoms with E-state index in [0.717, 1.165) is 5.56 Å². The predicted molar refractivity (Wildman–Crippen MR) is 50.0 cm³/mol. The van der Waals surface area contributed by atoms with Gasteiger partial charge in [-0.15, -0.1) is 0 Å². The zero-order chi connectivity index (χ0) is 9.68. The van der Waals surface area contributed by atoms with E-state index in [1.807, 2.05) is 30.3 Å². The molecule has 0 heterocycles. The molecule has 0 bridgehead atoms. The molecule has 1 atom stereocenters. The Hall–Kier alpha value is -1.35. The van der Waals surface area contributed by atoms with Crippen molar-refractivity contribution in [3.8, 4) is 0 Å². The highest BCUT2D eigenvalue weighted by atomic mass is 16.5. The topological polar surface area (TPSA) is 52.3 Å². The van der Waals surface area contributed by atoms with E-state index in [0.29, 0.717) is 0 Å². The minimum Gasteiger partial charge on any atom is -0.464 e. The summed E-state index contributed by atoms with van der Waals surface area (Å²) in [6, 6.07) is 9.32. The number of hydrogen-bond donors (Lipinski definition) is 1. The first-order chi connectivity index (χ1) is 6.20. The molecule has 1 unspecified atom stereocenters. The Morgan fingerprint density at radius 3 is 2.62 bits per heavy atom. The van der Waals surface area contributed by atoms with E-state index in [1.165, 1.54) is 6.92 Å². The molecule has 0 fully saturated rings. The van der Waals surface area contributed by atoms with Crippen molar-refractivity contribution in [2.45, 2.75) is 13.0 Å². The van der Waals surface area contributed by atoms with Gasteiger partial charge in [0, 0.05) is 6.92 Å². The van der Waals surface area contributed by atoms with Gasteiger partial charge in [-0.05, 0) is 5.56 Å². The molecule has 0 aliphatic heterocycles. The highest BCUT2D eigenvalue weighted by Gasteiger charge is 2.06. The summed E-state index contributed by atoms with van der Waals surface area (Å²) in [6.07, 6.45) is 0. The second kappa shape index (κ2) is 4.62. The number of carbonyl (C=O) groups is 1. The minimum atomic E-state index is -0.300. The maximum absolute atomic E-state index is 10.5. The van der Waals surface area contributed by atoms with Gasteiger partial charge in [0.25, 0.3) is 0 Å². The Morgan fingerprint density at radius 1 is 1.46 bits per heavy atom. The van der Waals surface area contributed by atoms with Crippen molar-refractivity contribution in [2.24, 2.45) is 5.73 Å². The monoisotopic (exact) mass is 179 g/mol. The standard InChI is InChI=1S/C10H13NO2/c1-8(12)13-7-10(11)9-5-3-2-4-6-9/h2-6,10H,7,11H2,1H3. The molecule has 1 rings (SSSR count). The average molecular weight is 179 g/mol. The number of benzene rings is 1. The van der Waals surface area contributed by atoms with Gasteiger partial charge in [0.05, 0.1) is 6.04 Å². The predicted octanol–water partition coefficient (Wildman–Crippen LogP) is 1.25. The third kappa shape index (κ3) is 3.25. The van der Waals surface area contributed by atoms with Crippen LogP contribution < -0.4 is 5.73 Å². The van der Waals surface area contributed by atoms with Crippen LogP contribution in [-0.2, 0) is 9.53 Å². The lowest BCUT2D eigenvalue weighted by Gasteiger charge is -2.10. The van der Waals surface area contributed by atoms with E-state index in [2.05, 4.69) is 0 Å². The van der Waals surface area contributed by atoms with Crippen LogP contribution in [0.25, 0.3) is 0 Å². The Labute approximate surface area is 77.5 Å². The van der Waals surface area contributed by atoms with Crippen LogP contribution in [0.2, 0.25) is 0 Å². The third-order valence-corrected chi connectivity index (χ3v) is 1.69. The molecule has 2 N–H and O–H groups in total. The molecular formula is C10H13NO2. The maximum atomic E-state index is 10.5. The van der Waals surface area contributed by atoms with Gasteiger partial charge in [-0.2, -0.15) is 0 Å². The Balaban J connectivity index is 2.49. The molecule has 0 aromatic heterocycles. The minimum absolute atomic E-state index is 0.231. The fraction of sp³-hybridized carbons (Fsp3) is 0.300. The summed E-state index contributed by atoms with van der Waals surface area (Å²) in [5.41, 5.74) is 6.74. The Morgan fingerprint density at radius 2 is 2.08 bits per heavy atom. The van der Waals surface area contributed by atoms with Crippen molar-refractivity contribution < 1.29 is 9.53 Å². The summed E-state index contributed by atoms with van der Waals surface area (Å²) in [5.74, 6) is -0.300. The van der Waals surface area contributed by atoms with E-state index in [-0.39, 0.29) is 18.6 Å². The number of ether oxygens (including phenoxy) is 1. The Kier molecular flexibility index (Phi) is 3.46. The number of hydrogen-bond acceptors (Lipinski definition) is 3. The lowest BCUT2D eigenvalue weighted by atomic mass is 10.1. The fourth-order valence-corrected chi connectivity index (χ4v) is 1.00. The second-order valence-electron chi connectivity index (χ2n) is 2.82.